The van der Waals surface area contributed by atoms with Crippen LogP contribution in [0.2, 0.25) is 0 Å². The van der Waals surface area contributed by atoms with Crippen molar-refractivity contribution in [2.75, 3.05) is 30.4 Å². The molecule has 0 saturated carbocycles. The Balaban J connectivity index is 2.25. The number of nitrogens with zero attached hydrogens (tertiary/aromatic N) is 1. The fourth-order valence-electron chi connectivity index (χ4n) is 2.32. The van der Waals surface area contributed by atoms with E-state index >= 15 is 0 Å². The number of amides is 1. The predicted octanol–water partition coefficient (Wildman–Crippen LogP) is 1.11. The number of nitrogens with two attached hydrogens (primary N) is 1. The first kappa shape index (κ1) is 14.3. The van der Waals surface area contributed by atoms with Crippen LogP contribution in [0.1, 0.15) is 12.8 Å². The lowest BCUT2D eigenvalue weighted by Crippen LogP contribution is -2.41. The maximum Gasteiger partial charge on any atom is 0.323 e. The molecule has 0 spiro atoms. The van der Waals surface area contributed by atoms with Crippen molar-refractivity contribution < 1.29 is 19.4 Å². The summed E-state index contributed by atoms with van der Waals surface area (Å²) in [5.41, 5.74) is 6.70. The maximum atomic E-state index is 12.5. The van der Waals surface area contributed by atoms with E-state index in [0.29, 0.717) is 37.4 Å². The van der Waals surface area contributed by atoms with Crippen LogP contribution in [0.25, 0.3) is 0 Å². The summed E-state index contributed by atoms with van der Waals surface area (Å²) < 4.78 is 5.23. The zero-order valence-corrected chi connectivity index (χ0v) is 11.1. The number of hydrogen-bond acceptors (Lipinski definition) is 4. The number of benzene rings is 1. The monoisotopic (exact) mass is 278 g/mol. The SMILES string of the molecule is Nc1ccccc1N(CC(=O)O)C(=O)C1CCOCC1. The van der Waals surface area contributed by atoms with Gasteiger partial charge < -0.3 is 15.6 Å². The van der Waals surface area contributed by atoms with Crippen LogP contribution in [0.4, 0.5) is 11.4 Å². The van der Waals surface area contributed by atoms with Crippen molar-refractivity contribution in [3.8, 4) is 0 Å². The molecular formula is C14H18N2O4. The molecular weight excluding hydrogens is 260 g/mol. The van der Waals surface area contributed by atoms with Crippen molar-refractivity contribution in [1.29, 1.82) is 0 Å². The molecule has 3 N–H and O–H groups in total. The molecule has 1 aromatic carbocycles. The van der Waals surface area contributed by atoms with Crippen LogP contribution < -0.4 is 10.6 Å². The molecule has 0 atom stereocenters. The van der Waals surface area contributed by atoms with Gasteiger partial charge in [-0.05, 0) is 25.0 Å². The summed E-state index contributed by atoms with van der Waals surface area (Å²) in [5, 5.41) is 9.02. The van der Waals surface area contributed by atoms with E-state index in [1.54, 1.807) is 24.3 Å². The van der Waals surface area contributed by atoms with Crippen molar-refractivity contribution in [2.45, 2.75) is 12.8 Å². The van der Waals surface area contributed by atoms with Crippen LogP contribution in [-0.2, 0) is 14.3 Å². The number of para-hydroxylation sites is 2. The molecule has 1 amide bonds. The summed E-state index contributed by atoms with van der Waals surface area (Å²) in [4.78, 5) is 24.8. The molecule has 108 valence electrons. The molecule has 1 aromatic rings. The zero-order valence-electron chi connectivity index (χ0n) is 11.1. The third-order valence-corrected chi connectivity index (χ3v) is 3.36. The van der Waals surface area contributed by atoms with Crippen molar-refractivity contribution in [3.63, 3.8) is 0 Å². The second kappa shape index (κ2) is 6.38. The van der Waals surface area contributed by atoms with Gasteiger partial charge in [0.2, 0.25) is 5.91 Å². The normalized spacial score (nSPS) is 15.8. The van der Waals surface area contributed by atoms with Gasteiger partial charge in [-0.3, -0.25) is 14.5 Å². The van der Waals surface area contributed by atoms with E-state index in [1.165, 1.54) is 4.90 Å². The highest BCUT2D eigenvalue weighted by Gasteiger charge is 2.29. The number of aliphatic carboxylic acids is 1. The molecule has 0 bridgehead atoms. The molecule has 20 heavy (non-hydrogen) atoms. The molecule has 0 unspecified atom stereocenters. The largest absolute Gasteiger partial charge is 0.480 e. The summed E-state index contributed by atoms with van der Waals surface area (Å²) in [7, 11) is 0. The van der Waals surface area contributed by atoms with Gasteiger partial charge in [-0.15, -0.1) is 0 Å². The smallest absolute Gasteiger partial charge is 0.323 e. The molecule has 1 saturated heterocycles. The number of carboxylic acids is 1. The third kappa shape index (κ3) is 3.27. The molecule has 0 radical (unpaired) electrons. The first-order valence-electron chi connectivity index (χ1n) is 6.55. The zero-order chi connectivity index (χ0) is 14.5. The van der Waals surface area contributed by atoms with Crippen molar-refractivity contribution in [3.05, 3.63) is 24.3 Å². The van der Waals surface area contributed by atoms with Crippen LogP contribution >= 0.6 is 0 Å². The van der Waals surface area contributed by atoms with E-state index in [9.17, 15) is 9.59 Å². The molecule has 1 heterocycles. The summed E-state index contributed by atoms with van der Waals surface area (Å²) in [6, 6.07) is 6.80. The Kier molecular flexibility index (Phi) is 4.57. The molecule has 1 aliphatic rings. The van der Waals surface area contributed by atoms with Crippen molar-refractivity contribution >= 4 is 23.3 Å². The van der Waals surface area contributed by atoms with Gasteiger partial charge in [-0.25, -0.2) is 0 Å². The minimum atomic E-state index is -1.06. The Hall–Kier alpha value is -2.08. The Labute approximate surface area is 117 Å². The van der Waals surface area contributed by atoms with Gasteiger partial charge in [0.25, 0.3) is 0 Å². The van der Waals surface area contributed by atoms with Crippen LogP contribution in [0.15, 0.2) is 24.3 Å². The third-order valence-electron chi connectivity index (χ3n) is 3.36. The number of anilines is 2. The van der Waals surface area contributed by atoms with Gasteiger partial charge in [-0.2, -0.15) is 0 Å². The van der Waals surface area contributed by atoms with E-state index < -0.39 is 5.97 Å². The first-order chi connectivity index (χ1) is 9.59. The fraction of sp³-hybridized carbons (Fsp3) is 0.429. The van der Waals surface area contributed by atoms with E-state index in [0.717, 1.165) is 0 Å². The lowest BCUT2D eigenvalue weighted by molar-refractivity contribution is -0.137. The van der Waals surface area contributed by atoms with Gasteiger partial charge in [0.05, 0.1) is 11.4 Å². The molecule has 0 aliphatic carbocycles. The Morgan fingerprint density at radius 1 is 1.30 bits per heavy atom. The first-order valence-corrected chi connectivity index (χ1v) is 6.55. The Morgan fingerprint density at radius 3 is 2.55 bits per heavy atom. The van der Waals surface area contributed by atoms with Crippen LogP contribution in [0.5, 0.6) is 0 Å². The Morgan fingerprint density at radius 2 is 1.95 bits per heavy atom. The standard InChI is InChI=1S/C14H18N2O4/c15-11-3-1-2-4-12(11)16(9-13(17)18)14(19)10-5-7-20-8-6-10/h1-4,10H,5-9,15H2,(H,17,18). The second-order valence-electron chi connectivity index (χ2n) is 4.76. The highest BCUT2D eigenvalue weighted by atomic mass is 16.5. The number of nitrogen functional groups attached to an aromatic ring is 1. The molecule has 0 aromatic heterocycles. The van der Waals surface area contributed by atoms with E-state index in [4.69, 9.17) is 15.6 Å². The summed E-state index contributed by atoms with van der Waals surface area (Å²) in [5.74, 6) is -1.47. The predicted molar refractivity (Wildman–Crippen MR) is 74.4 cm³/mol. The van der Waals surface area contributed by atoms with Crippen LogP contribution in [0.3, 0.4) is 0 Å². The van der Waals surface area contributed by atoms with Gasteiger partial charge in [0, 0.05) is 19.1 Å². The summed E-state index contributed by atoms with van der Waals surface area (Å²) >= 11 is 0. The average Bonchev–Trinajstić information content (AvgIpc) is 2.46. The Bertz CT molecular complexity index is 498. The topological polar surface area (TPSA) is 92.9 Å². The van der Waals surface area contributed by atoms with E-state index in [1.807, 2.05) is 0 Å². The number of rotatable bonds is 4. The average molecular weight is 278 g/mol. The minimum absolute atomic E-state index is 0.200. The van der Waals surface area contributed by atoms with Crippen LogP contribution in [-0.4, -0.2) is 36.7 Å². The number of carbonyl (C=O) groups is 2. The maximum absolute atomic E-state index is 12.5. The molecule has 2 rings (SSSR count). The van der Waals surface area contributed by atoms with E-state index in [2.05, 4.69) is 0 Å². The molecule has 1 aliphatic heterocycles. The summed E-state index contributed by atoms with van der Waals surface area (Å²) in [6.07, 6.45) is 1.23. The lowest BCUT2D eigenvalue weighted by atomic mass is 9.98. The number of carboxylic acid groups (broad SMARTS) is 1. The molecule has 1 fully saturated rings. The fourth-order valence-corrected chi connectivity index (χ4v) is 2.32. The highest BCUT2D eigenvalue weighted by Crippen LogP contribution is 2.26. The second-order valence-corrected chi connectivity index (χ2v) is 4.76. The van der Waals surface area contributed by atoms with Gasteiger partial charge in [0.1, 0.15) is 6.54 Å². The minimum Gasteiger partial charge on any atom is -0.480 e. The van der Waals surface area contributed by atoms with E-state index in [-0.39, 0.29) is 18.4 Å². The molecule has 6 nitrogen and oxygen atoms in total. The van der Waals surface area contributed by atoms with Gasteiger partial charge in [0.15, 0.2) is 0 Å². The van der Waals surface area contributed by atoms with Crippen molar-refractivity contribution in [1.82, 2.24) is 0 Å². The summed E-state index contributed by atoms with van der Waals surface area (Å²) in [6.45, 7) is 0.674. The van der Waals surface area contributed by atoms with Crippen molar-refractivity contribution in [2.24, 2.45) is 5.92 Å². The number of carbonyl (C=O) groups excluding carboxylic acids is 1. The molecule has 6 heteroatoms. The van der Waals surface area contributed by atoms with Gasteiger partial charge in [-0.1, -0.05) is 12.1 Å². The van der Waals surface area contributed by atoms with Crippen LogP contribution in [0, 0.1) is 5.92 Å². The quantitative estimate of drug-likeness (QED) is 0.805. The van der Waals surface area contributed by atoms with Gasteiger partial charge >= 0.3 is 5.97 Å². The highest BCUT2D eigenvalue weighted by molar-refractivity contribution is 6.01. The number of ether oxygens (including phenoxy) is 1. The number of hydrogen-bond donors (Lipinski definition) is 2. The lowest BCUT2D eigenvalue weighted by Gasteiger charge is -2.29.